The number of imidazole rings is 1. The third-order valence-corrected chi connectivity index (χ3v) is 4.73. The summed E-state index contributed by atoms with van der Waals surface area (Å²) in [5.74, 6) is 1.27. The number of rotatable bonds is 4. The molecule has 1 heterocycles. The van der Waals surface area contributed by atoms with Crippen molar-refractivity contribution in [2.75, 3.05) is 0 Å². The first-order chi connectivity index (χ1) is 11.7. The van der Waals surface area contributed by atoms with Crippen LogP contribution >= 0.6 is 15.9 Å². The Labute approximate surface area is 156 Å². The number of hydrogen-bond acceptors (Lipinski definition) is 3. The summed E-state index contributed by atoms with van der Waals surface area (Å²) in [6.07, 6.45) is 2.55. The highest BCUT2D eigenvalue weighted by Gasteiger charge is 2.42. The molecule has 1 aliphatic carbocycles. The highest BCUT2D eigenvalue weighted by Crippen LogP contribution is 2.36. The van der Waals surface area contributed by atoms with Crippen LogP contribution < -0.4 is 0 Å². The Morgan fingerprint density at radius 3 is 2.56 bits per heavy atom. The minimum Gasteiger partial charge on any atom is -0.444 e. The molecule has 2 unspecified atom stereocenters. The maximum Gasteiger partial charge on any atom is 0.410 e. The Morgan fingerprint density at radius 2 is 2.00 bits per heavy atom. The number of ether oxygens (including phenoxy) is 1. The van der Waals surface area contributed by atoms with Crippen LogP contribution in [0.15, 0.2) is 34.9 Å². The smallest absolute Gasteiger partial charge is 0.410 e. The molecule has 0 saturated heterocycles. The topological polar surface area (TPSA) is 58.2 Å². The number of halogens is 1. The molecule has 1 fully saturated rings. The molecule has 25 heavy (non-hydrogen) atoms. The monoisotopic (exact) mass is 405 g/mol. The van der Waals surface area contributed by atoms with Gasteiger partial charge >= 0.3 is 6.09 Å². The standard InChI is InChI=1S/C19H24BrN3O2/c1-12-9-16(12)23(18(24)25-19(2,3)4)11-17-21-10-15(22-17)13-5-7-14(20)8-6-13/h5-8,10,12,16H,9,11H2,1-4H3,(H,21,22). The number of hydrogen-bond donors (Lipinski definition) is 1. The highest BCUT2D eigenvalue weighted by molar-refractivity contribution is 9.10. The molecule has 134 valence electrons. The number of aromatic nitrogens is 2. The summed E-state index contributed by atoms with van der Waals surface area (Å²) in [6, 6.07) is 8.27. The Bertz CT molecular complexity index is 749. The van der Waals surface area contributed by atoms with Crippen molar-refractivity contribution in [2.45, 2.75) is 52.3 Å². The van der Waals surface area contributed by atoms with Gasteiger partial charge in [0.05, 0.1) is 18.4 Å². The summed E-state index contributed by atoms with van der Waals surface area (Å²) < 4.78 is 6.60. The molecule has 1 N–H and O–H groups in total. The van der Waals surface area contributed by atoms with Gasteiger partial charge in [0.1, 0.15) is 11.4 Å². The predicted molar refractivity (Wildman–Crippen MR) is 101 cm³/mol. The Balaban J connectivity index is 1.74. The fourth-order valence-corrected chi connectivity index (χ4v) is 3.02. The molecule has 6 heteroatoms. The van der Waals surface area contributed by atoms with Crippen LogP contribution in [0.3, 0.4) is 0 Å². The number of carbonyl (C=O) groups excluding carboxylic acids is 1. The maximum absolute atomic E-state index is 12.6. The van der Waals surface area contributed by atoms with Gasteiger partial charge in [-0.15, -0.1) is 0 Å². The summed E-state index contributed by atoms with van der Waals surface area (Å²) in [6.45, 7) is 8.24. The van der Waals surface area contributed by atoms with E-state index in [2.05, 4.69) is 32.8 Å². The van der Waals surface area contributed by atoms with E-state index in [-0.39, 0.29) is 12.1 Å². The SMILES string of the molecule is CC1CC1N(Cc1ncc(-c2ccc(Br)cc2)[nH]1)C(=O)OC(C)(C)C. The average Bonchev–Trinajstić information content (AvgIpc) is 3.05. The Hall–Kier alpha value is -1.82. The van der Waals surface area contributed by atoms with E-state index in [4.69, 9.17) is 4.74 Å². The van der Waals surface area contributed by atoms with Gasteiger partial charge in [-0.05, 0) is 50.8 Å². The van der Waals surface area contributed by atoms with Gasteiger partial charge in [-0.3, -0.25) is 4.90 Å². The number of benzene rings is 1. The van der Waals surface area contributed by atoms with Crippen molar-refractivity contribution in [3.63, 3.8) is 0 Å². The second-order valence-electron chi connectivity index (χ2n) is 7.64. The molecule has 5 nitrogen and oxygen atoms in total. The van der Waals surface area contributed by atoms with Crippen molar-refractivity contribution < 1.29 is 9.53 Å². The zero-order valence-electron chi connectivity index (χ0n) is 15.0. The van der Waals surface area contributed by atoms with Crippen LogP contribution in [-0.2, 0) is 11.3 Å². The molecular formula is C19H24BrN3O2. The first-order valence-corrected chi connectivity index (χ1v) is 9.31. The highest BCUT2D eigenvalue weighted by atomic mass is 79.9. The van der Waals surface area contributed by atoms with Gasteiger partial charge in [0.25, 0.3) is 0 Å². The van der Waals surface area contributed by atoms with E-state index in [0.717, 1.165) is 28.0 Å². The van der Waals surface area contributed by atoms with Gasteiger partial charge in [-0.2, -0.15) is 0 Å². The number of nitrogens with zero attached hydrogens (tertiary/aromatic N) is 2. The summed E-state index contributed by atoms with van der Waals surface area (Å²) in [5, 5.41) is 0. The van der Waals surface area contributed by atoms with Crippen molar-refractivity contribution in [3.05, 3.63) is 40.8 Å². The predicted octanol–water partition coefficient (Wildman–Crippen LogP) is 4.98. The van der Waals surface area contributed by atoms with Crippen LogP contribution in [0, 0.1) is 5.92 Å². The van der Waals surface area contributed by atoms with Crippen molar-refractivity contribution in [3.8, 4) is 11.3 Å². The van der Waals surface area contributed by atoms with Crippen LogP contribution in [0.1, 0.15) is 39.9 Å². The normalized spacial score (nSPS) is 19.6. The quantitative estimate of drug-likeness (QED) is 0.779. The summed E-state index contributed by atoms with van der Waals surface area (Å²) in [5.41, 5.74) is 1.50. The van der Waals surface area contributed by atoms with Crippen LogP contribution in [0.5, 0.6) is 0 Å². The fourth-order valence-electron chi connectivity index (χ4n) is 2.75. The lowest BCUT2D eigenvalue weighted by Gasteiger charge is -2.27. The van der Waals surface area contributed by atoms with Gasteiger partial charge < -0.3 is 9.72 Å². The minimum absolute atomic E-state index is 0.232. The molecule has 1 aliphatic rings. The molecule has 1 aromatic carbocycles. The first kappa shape index (κ1) is 18.0. The molecule has 3 rings (SSSR count). The number of aromatic amines is 1. The van der Waals surface area contributed by atoms with E-state index < -0.39 is 5.60 Å². The van der Waals surface area contributed by atoms with E-state index in [1.165, 1.54) is 0 Å². The van der Waals surface area contributed by atoms with Crippen LogP contribution in [0.2, 0.25) is 0 Å². The summed E-state index contributed by atoms with van der Waals surface area (Å²) >= 11 is 3.44. The van der Waals surface area contributed by atoms with Gasteiger partial charge in [-0.1, -0.05) is 35.0 Å². The molecule has 1 saturated carbocycles. The largest absolute Gasteiger partial charge is 0.444 e. The van der Waals surface area contributed by atoms with Crippen molar-refractivity contribution >= 4 is 22.0 Å². The molecule has 1 aromatic heterocycles. The fraction of sp³-hybridized carbons (Fsp3) is 0.474. The number of nitrogens with one attached hydrogen (secondary N) is 1. The third kappa shape index (κ3) is 4.63. The lowest BCUT2D eigenvalue weighted by atomic mass is 10.2. The summed E-state index contributed by atoms with van der Waals surface area (Å²) in [7, 11) is 0. The van der Waals surface area contributed by atoms with E-state index >= 15 is 0 Å². The van der Waals surface area contributed by atoms with Gasteiger partial charge in [0.2, 0.25) is 0 Å². The van der Waals surface area contributed by atoms with Gasteiger partial charge in [0, 0.05) is 10.5 Å². The van der Waals surface area contributed by atoms with Crippen molar-refractivity contribution in [2.24, 2.45) is 5.92 Å². The molecular weight excluding hydrogens is 382 g/mol. The van der Waals surface area contributed by atoms with Gasteiger partial charge in [0.15, 0.2) is 0 Å². The van der Waals surface area contributed by atoms with E-state index in [9.17, 15) is 4.79 Å². The number of amides is 1. The molecule has 2 aromatic rings. The number of H-pyrrole nitrogens is 1. The van der Waals surface area contributed by atoms with Crippen LogP contribution in [0.4, 0.5) is 4.79 Å². The maximum atomic E-state index is 12.6. The lowest BCUT2D eigenvalue weighted by Crippen LogP contribution is -2.38. The van der Waals surface area contributed by atoms with Crippen LogP contribution in [-0.4, -0.2) is 32.6 Å². The lowest BCUT2D eigenvalue weighted by molar-refractivity contribution is 0.0203. The molecule has 2 atom stereocenters. The van der Waals surface area contributed by atoms with E-state index in [1.807, 2.05) is 51.2 Å². The van der Waals surface area contributed by atoms with Crippen molar-refractivity contribution in [1.82, 2.24) is 14.9 Å². The molecule has 0 bridgehead atoms. The van der Waals surface area contributed by atoms with E-state index in [1.54, 1.807) is 4.90 Å². The Kier molecular flexibility index (Phi) is 4.91. The minimum atomic E-state index is -0.501. The van der Waals surface area contributed by atoms with Crippen LogP contribution in [0.25, 0.3) is 11.3 Å². The average molecular weight is 406 g/mol. The van der Waals surface area contributed by atoms with E-state index in [0.29, 0.717) is 12.5 Å². The first-order valence-electron chi connectivity index (χ1n) is 8.52. The van der Waals surface area contributed by atoms with Crippen molar-refractivity contribution in [1.29, 1.82) is 0 Å². The van der Waals surface area contributed by atoms with Gasteiger partial charge in [-0.25, -0.2) is 9.78 Å². The summed E-state index contributed by atoms with van der Waals surface area (Å²) in [4.78, 5) is 22.1. The molecule has 0 aliphatic heterocycles. The second-order valence-corrected chi connectivity index (χ2v) is 8.55. The number of carbonyl (C=O) groups is 1. The molecule has 0 spiro atoms. The zero-order valence-corrected chi connectivity index (χ0v) is 16.6. The third-order valence-electron chi connectivity index (χ3n) is 4.20. The molecule has 1 amide bonds. The second kappa shape index (κ2) is 6.83. The zero-order chi connectivity index (χ0) is 18.2. The Morgan fingerprint density at radius 1 is 1.36 bits per heavy atom. The molecule has 0 radical (unpaired) electrons.